The Morgan fingerprint density at radius 1 is 1.09 bits per heavy atom. The molecule has 0 saturated carbocycles. The summed E-state index contributed by atoms with van der Waals surface area (Å²) >= 11 is 0. The number of nitrogens with zero attached hydrogens (tertiary/aromatic N) is 3. The Hall–Kier alpha value is -2.78. The summed E-state index contributed by atoms with van der Waals surface area (Å²) in [6.45, 7) is 4.72. The van der Waals surface area contributed by atoms with E-state index in [9.17, 15) is 13.2 Å². The molecule has 2 heterocycles. The van der Waals surface area contributed by atoms with E-state index in [2.05, 4.69) is 33.2 Å². The van der Waals surface area contributed by atoms with E-state index in [1.54, 1.807) is 20.3 Å². The van der Waals surface area contributed by atoms with Gasteiger partial charge in [0.2, 0.25) is 0 Å². The summed E-state index contributed by atoms with van der Waals surface area (Å²) in [5.41, 5.74) is 3.14. The number of aromatic nitrogens is 1. The van der Waals surface area contributed by atoms with Crippen LogP contribution < -0.4 is 15.0 Å². The molecule has 0 unspecified atom stereocenters. The number of allylic oxidation sites excluding steroid dienone is 2. The van der Waals surface area contributed by atoms with Gasteiger partial charge >= 0.3 is 6.18 Å². The number of hydrogen-bond acceptors (Lipinski definition) is 6. The second kappa shape index (κ2) is 10.2. The minimum Gasteiger partial charge on any atom is -0.496 e. The summed E-state index contributed by atoms with van der Waals surface area (Å²) in [5.74, 6) is 0.752. The molecule has 6 nitrogen and oxygen atoms in total. The van der Waals surface area contributed by atoms with E-state index in [-0.39, 0.29) is 12.0 Å². The highest BCUT2D eigenvalue weighted by Crippen LogP contribution is 2.43. The van der Waals surface area contributed by atoms with Gasteiger partial charge in [0.05, 0.1) is 25.0 Å². The van der Waals surface area contributed by atoms with Gasteiger partial charge in [-0.25, -0.2) is 0 Å². The van der Waals surface area contributed by atoms with Crippen LogP contribution in [0.1, 0.15) is 22.5 Å². The Kier molecular flexibility index (Phi) is 7.33. The van der Waals surface area contributed by atoms with Gasteiger partial charge in [-0.3, -0.25) is 4.98 Å². The molecule has 1 aliphatic carbocycles. The van der Waals surface area contributed by atoms with Crippen LogP contribution in [-0.2, 0) is 17.6 Å². The van der Waals surface area contributed by atoms with Gasteiger partial charge in [0.15, 0.2) is 0 Å². The lowest BCUT2D eigenvalue weighted by atomic mass is 10.0. The number of rotatable bonds is 8. The number of likely N-dealkylation sites (N-methyl/N-ethyl adjacent to an activating group) is 1. The number of pyridine rings is 1. The normalized spacial score (nSPS) is 16.4. The number of fused-ring (bicyclic) bond motifs is 1. The fourth-order valence-corrected chi connectivity index (χ4v) is 4.52. The average Bonchev–Trinajstić information content (AvgIpc) is 3.25. The van der Waals surface area contributed by atoms with Gasteiger partial charge in [0.1, 0.15) is 5.75 Å². The smallest absolute Gasteiger partial charge is 0.416 e. The molecule has 184 valence electrons. The number of ether oxygens (including phenoxy) is 2. The fourth-order valence-electron chi connectivity index (χ4n) is 4.52. The first-order valence-electron chi connectivity index (χ1n) is 11.4. The molecule has 0 amide bonds. The number of hydrogen-bond donors (Lipinski definition) is 1. The molecule has 1 saturated heterocycles. The molecule has 0 radical (unpaired) electrons. The Morgan fingerprint density at radius 3 is 2.53 bits per heavy atom. The highest BCUT2D eigenvalue weighted by molar-refractivity contribution is 5.84. The highest BCUT2D eigenvalue weighted by Gasteiger charge is 2.40. The molecule has 9 heteroatoms. The van der Waals surface area contributed by atoms with Gasteiger partial charge < -0.3 is 24.6 Å². The summed E-state index contributed by atoms with van der Waals surface area (Å²) in [6.07, 6.45) is -2.58. The molecule has 1 aromatic heterocycles. The van der Waals surface area contributed by atoms with Crippen LogP contribution in [0.15, 0.2) is 30.3 Å². The predicted molar refractivity (Wildman–Crippen MR) is 128 cm³/mol. The van der Waals surface area contributed by atoms with Crippen LogP contribution in [0.25, 0.3) is 5.57 Å². The van der Waals surface area contributed by atoms with Crippen molar-refractivity contribution in [2.24, 2.45) is 0 Å². The van der Waals surface area contributed by atoms with Crippen molar-refractivity contribution in [2.75, 3.05) is 70.8 Å². The predicted octanol–water partition coefficient (Wildman–Crippen LogP) is 3.99. The third-order valence-electron chi connectivity index (χ3n) is 6.35. The maximum Gasteiger partial charge on any atom is 0.416 e. The largest absolute Gasteiger partial charge is 0.496 e. The second-order valence-corrected chi connectivity index (χ2v) is 8.69. The number of nitrogens with one attached hydrogen (secondary N) is 1. The first-order valence-corrected chi connectivity index (χ1v) is 11.4. The zero-order valence-corrected chi connectivity index (χ0v) is 19.8. The van der Waals surface area contributed by atoms with E-state index >= 15 is 0 Å². The summed E-state index contributed by atoms with van der Waals surface area (Å²) < 4.78 is 51.5. The van der Waals surface area contributed by atoms with Gasteiger partial charge in [0, 0.05) is 86.9 Å². The molecule has 0 bridgehead atoms. The lowest BCUT2D eigenvalue weighted by Gasteiger charge is -2.34. The monoisotopic (exact) mass is 476 g/mol. The Balaban J connectivity index is 1.61. The van der Waals surface area contributed by atoms with Gasteiger partial charge in [0.25, 0.3) is 0 Å². The molecule has 34 heavy (non-hydrogen) atoms. The molecular weight excluding hydrogens is 445 g/mol. The van der Waals surface area contributed by atoms with E-state index in [0.29, 0.717) is 36.6 Å². The van der Waals surface area contributed by atoms with Crippen molar-refractivity contribution in [3.63, 3.8) is 0 Å². The number of methoxy groups -OCH3 is 2. The van der Waals surface area contributed by atoms with Crippen LogP contribution in [0.2, 0.25) is 0 Å². The zero-order valence-electron chi connectivity index (χ0n) is 19.8. The van der Waals surface area contributed by atoms with Crippen LogP contribution in [-0.4, -0.2) is 76.7 Å². The number of anilines is 2. The number of halogens is 3. The van der Waals surface area contributed by atoms with Crippen molar-refractivity contribution >= 4 is 16.9 Å². The zero-order chi connectivity index (χ0) is 24.3. The summed E-state index contributed by atoms with van der Waals surface area (Å²) in [4.78, 5) is 9.24. The lowest BCUT2D eigenvalue weighted by Crippen LogP contribution is -2.44. The summed E-state index contributed by atoms with van der Waals surface area (Å²) in [5, 5.41) is 3.11. The Morgan fingerprint density at radius 2 is 1.85 bits per heavy atom. The van der Waals surface area contributed by atoms with Crippen molar-refractivity contribution in [1.82, 2.24) is 9.88 Å². The van der Waals surface area contributed by atoms with Crippen LogP contribution in [0.5, 0.6) is 5.75 Å². The van der Waals surface area contributed by atoms with Crippen molar-refractivity contribution < 1.29 is 22.6 Å². The number of benzene rings is 1. The first-order chi connectivity index (χ1) is 16.3. The lowest BCUT2D eigenvalue weighted by molar-refractivity contribution is -0.0687. The third-order valence-corrected chi connectivity index (χ3v) is 6.35. The van der Waals surface area contributed by atoms with E-state index < -0.39 is 11.7 Å². The third kappa shape index (κ3) is 5.31. The quantitative estimate of drug-likeness (QED) is 0.582. The van der Waals surface area contributed by atoms with Gasteiger partial charge in [-0.2, -0.15) is 13.2 Å². The second-order valence-electron chi connectivity index (χ2n) is 8.69. The average molecular weight is 477 g/mol. The molecule has 1 aromatic carbocycles. The standard InChI is InChI=1S/C25H31F3N4O2/c1-31-9-11-32(12-10-31)19-5-4-17(23(16-19)34-3)14-18-15-22(29-8-13-33-2)24-20(25(26,27)28)6-7-21(24)30-18/h4-6,15-16H,7-14H2,1-3H3,(H,29,30). The Labute approximate surface area is 198 Å². The Bertz CT molecular complexity index is 1050. The minimum atomic E-state index is -4.42. The molecule has 2 aliphatic rings. The van der Waals surface area contributed by atoms with Gasteiger partial charge in [-0.1, -0.05) is 12.1 Å². The van der Waals surface area contributed by atoms with Crippen LogP contribution >= 0.6 is 0 Å². The van der Waals surface area contributed by atoms with Gasteiger partial charge in [-0.15, -0.1) is 0 Å². The molecule has 1 fully saturated rings. The van der Waals surface area contributed by atoms with E-state index in [1.807, 2.05) is 12.1 Å². The molecule has 0 spiro atoms. The molecule has 2 aromatic rings. The van der Waals surface area contributed by atoms with Crippen molar-refractivity contribution in [3.8, 4) is 5.75 Å². The van der Waals surface area contributed by atoms with Crippen LogP contribution in [0, 0.1) is 0 Å². The van der Waals surface area contributed by atoms with E-state index in [4.69, 9.17) is 9.47 Å². The molecule has 1 aliphatic heterocycles. The maximum absolute atomic E-state index is 13.6. The van der Waals surface area contributed by atoms with Crippen LogP contribution in [0.3, 0.4) is 0 Å². The SMILES string of the molecule is COCCNc1cc(Cc2ccc(N3CCN(C)CC3)cc2OC)nc2c1C(C(F)(F)F)=CC2. The maximum atomic E-state index is 13.6. The highest BCUT2D eigenvalue weighted by atomic mass is 19.4. The first kappa shape index (κ1) is 24.3. The van der Waals surface area contributed by atoms with E-state index in [1.165, 1.54) is 6.08 Å². The molecule has 1 N–H and O–H groups in total. The number of alkyl halides is 3. The minimum absolute atomic E-state index is 0.143. The van der Waals surface area contributed by atoms with E-state index in [0.717, 1.165) is 43.2 Å². The molecule has 0 atom stereocenters. The summed E-state index contributed by atoms with van der Waals surface area (Å²) in [7, 11) is 5.32. The van der Waals surface area contributed by atoms with Crippen molar-refractivity contribution in [1.29, 1.82) is 0 Å². The fraction of sp³-hybridized carbons (Fsp3) is 0.480. The van der Waals surface area contributed by atoms with Gasteiger partial charge in [-0.05, 0) is 19.2 Å². The van der Waals surface area contributed by atoms with Crippen LogP contribution in [0.4, 0.5) is 24.5 Å². The summed E-state index contributed by atoms with van der Waals surface area (Å²) in [6, 6.07) is 7.86. The van der Waals surface area contributed by atoms with Crippen molar-refractivity contribution in [2.45, 2.75) is 19.0 Å². The molecule has 4 rings (SSSR count). The van der Waals surface area contributed by atoms with Crippen molar-refractivity contribution in [3.05, 3.63) is 52.9 Å². The molecular formula is C25H31F3N4O2. The topological polar surface area (TPSA) is 49.9 Å². The number of piperazine rings is 1.